The highest BCUT2D eigenvalue weighted by Crippen LogP contribution is 2.25. The summed E-state index contributed by atoms with van der Waals surface area (Å²) in [5.41, 5.74) is 0. The van der Waals surface area contributed by atoms with E-state index in [1.54, 1.807) is 0 Å². The van der Waals surface area contributed by atoms with E-state index in [0.29, 0.717) is 19.0 Å². The van der Waals surface area contributed by atoms with Gasteiger partial charge >= 0.3 is 5.76 Å². The second-order valence-corrected chi connectivity index (χ2v) is 6.75. The average Bonchev–Trinajstić information content (AvgIpc) is 3.16. The minimum atomic E-state index is -0.419. The predicted molar refractivity (Wildman–Crippen MR) is 83.8 cm³/mol. The summed E-state index contributed by atoms with van der Waals surface area (Å²) in [4.78, 5) is 26.7. The molecule has 1 saturated heterocycles. The van der Waals surface area contributed by atoms with E-state index in [1.807, 2.05) is 36.3 Å². The van der Waals surface area contributed by atoms with Crippen molar-refractivity contribution in [1.29, 1.82) is 0 Å². The molecule has 118 valence electrons. The van der Waals surface area contributed by atoms with E-state index in [4.69, 9.17) is 4.42 Å². The van der Waals surface area contributed by atoms with Crippen molar-refractivity contribution in [3.8, 4) is 10.8 Å². The number of hydrogen-bond donors (Lipinski definition) is 0. The van der Waals surface area contributed by atoms with E-state index < -0.39 is 5.76 Å². The fourth-order valence-electron chi connectivity index (χ4n) is 2.72. The molecule has 0 unspecified atom stereocenters. The number of thiophene rings is 1. The van der Waals surface area contributed by atoms with E-state index >= 15 is 0 Å². The molecule has 1 amide bonds. The van der Waals surface area contributed by atoms with Gasteiger partial charge in [-0.05, 0) is 24.3 Å². The molecule has 0 aliphatic carbocycles. The van der Waals surface area contributed by atoms with Gasteiger partial charge < -0.3 is 9.32 Å². The van der Waals surface area contributed by atoms with Gasteiger partial charge in [0.15, 0.2) is 0 Å². The van der Waals surface area contributed by atoms with Crippen LogP contribution in [0.15, 0.2) is 26.7 Å². The molecule has 0 saturated carbocycles. The lowest BCUT2D eigenvalue weighted by Gasteiger charge is -2.32. The molecule has 0 bridgehead atoms. The fraction of sp³-hybridized carbons (Fsp3) is 0.533. The maximum Gasteiger partial charge on any atom is 0.437 e. The van der Waals surface area contributed by atoms with Crippen LogP contribution in [0.5, 0.6) is 0 Å². The van der Waals surface area contributed by atoms with Crippen molar-refractivity contribution in [3.05, 3.63) is 28.1 Å². The number of aromatic nitrogens is 2. The molecule has 3 heterocycles. The molecule has 1 aliphatic heterocycles. The van der Waals surface area contributed by atoms with E-state index in [0.717, 1.165) is 17.7 Å². The van der Waals surface area contributed by atoms with Crippen molar-refractivity contribution in [2.45, 2.75) is 32.7 Å². The summed E-state index contributed by atoms with van der Waals surface area (Å²) in [5.74, 6) is 0.139. The number of carbonyl (C=O) groups excluding carboxylic acids is 1. The highest BCUT2D eigenvalue weighted by atomic mass is 32.1. The first-order chi connectivity index (χ1) is 10.6. The summed E-state index contributed by atoms with van der Waals surface area (Å²) in [6, 6.07) is 3.78. The Balaban J connectivity index is 1.72. The lowest BCUT2D eigenvalue weighted by Crippen LogP contribution is -2.42. The van der Waals surface area contributed by atoms with Gasteiger partial charge in [-0.2, -0.15) is 4.68 Å². The maximum absolute atomic E-state index is 12.0. The molecule has 0 spiro atoms. The molecule has 2 aromatic rings. The molecule has 0 N–H and O–H groups in total. The molecular weight excluding hydrogens is 302 g/mol. The molecule has 0 aromatic carbocycles. The van der Waals surface area contributed by atoms with Gasteiger partial charge in [0.25, 0.3) is 5.89 Å². The van der Waals surface area contributed by atoms with Gasteiger partial charge in [0.2, 0.25) is 5.91 Å². The van der Waals surface area contributed by atoms with Crippen LogP contribution in [0.3, 0.4) is 0 Å². The zero-order valence-electron chi connectivity index (χ0n) is 12.7. The van der Waals surface area contributed by atoms with Crippen molar-refractivity contribution in [2.24, 2.45) is 5.92 Å². The minimum absolute atomic E-state index is 0.00109. The Bertz CT molecular complexity index is 694. The zero-order valence-corrected chi connectivity index (χ0v) is 13.5. The third-order valence-corrected chi connectivity index (χ3v) is 4.78. The Labute approximate surface area is 132 Å². The Hall–Kier alpha value is -1.89. The number of piperidine rings is 1. The SMILES string of the molecule is CC(C)C(=O)N1CCC(n2nc(-c3cccs3)oc2=O)CC1. The Kier molecular flexibility index (Phi) is 4.15. The van der Waals surface area contributed by atoms with Gasteiger partial charge in [-0.1, -0.05) is 19.9 Å². The molecule has 22 heavy (non-hydrogen) atoms. The first-order valence-corrected chi connectivity index (χ1v) is 8.36. The number of likely N-dealkylation sites (tertiary alicyclic amines) is 1. The maximum atomic E-state index is 12.0. The summed E-state index contributed by atoms with van der Waals surface area (Å²) >= 11 is 1.49. The van der Waals surface area contributed by atoms with Crippen LogP contribution in [0, 0.1) is 5.92 Å². The van der Waals surface area contributed by atoms with Crippen LogP contribution in [0.2, 0.25) is 0 Å². The van der Waals surface area contributed by atoms with Crippen molar-refractivity contribution >= 4 is 17.2 Å². The number of rotatable bonds is 3. The van der Waals surface area contributed by atoms with Crippen molar-refractivity contribution < 1.29 is 9.21 Å². The van der Waals surface area contributed by atoms with Crippen LogP contribution < -0.4 is 5.76 Å². The minimum Gasteiger partial charge on any atom is -0.387 e. The molecular formula is C15H19N3O3S. The van der Waals surface area contributed by atoms with E-state index in [9.17, 15) is 9.59 Å². The number of carbonyl (C=O) groups is 1. The second kappa shape index (κ2) is 6.08. The molecule has 6 nitrogen and oxygen atoms in total. The summed E-state index contributed by atoms with van der Waals surface area (Å²) in [6.07, 6.45) is 1.46. The van der Waals surface area contributed by atoms with Crippen LogP contribution in [0.4, 0.5) is 0 Å². The smallest absolute Gasteiger partial charge is 0.387 e. The highest BCUT2D eigenvalue weighted by molar-refractivity contribution is 7.13. The standard InChI is InChI=1S/C15H19N3O3S/c1-10(2)14(19)17-7-5-11(6-8-17)18-15(20)21-13(16-18)12-4-3-9-22-12/h3-4,9-11H,5-8H2,1-2H3. The van der Waals surface area contributed by atoms with Crippen LogP contribution in [0.1, 0.15) is 32.7 Å². The monoisotopic (exact) mass is 321 g/mol. The molecule has 2 aromatic heterocycles. The van der Waals surface area contributed by atoms with Gasteiger partial charge in [0, 0.05) is 19.0 Å². The van der Waals surface area contributed by atoms with Crippen molar-refractivity contribution in [2.75, 3.05) is 13.1 Å². The van der Waals surface area contributed by atoms with Crippen LogP contribution in [0.25, 0.3) is 10.8 Å². The summed E-state index contributed by atoms with van der Waals surface area (Å²) in [6.45, 7) is 5.14. The summed E-state index contributed by atoms with van der Waals surface area (Å²) in [5, 5.41) is 6.25. The van der Waals surface area contributed by atoms with Crippen LogP contribution in [-0.2, 0) is 4.79 Å². The van der Waals surface area contributed by atoms with Crippen molar-refractivity contribution in [1.82, 2.24) is 14.7 Å². The Morgan fingerprint density at radius 1 is 1.41 bits per heavy atom. The molecule has 3 rings (SSSR count). The van der Waals surface area contributed by atoms with Crippen LogP contribution >= 0.6 is 11.3 Å². The molecule has 0 atom stereocenters. The first-order valence-electron chi connectivity index (χ1n) is 7.48. The summed E-state index contributed by atoms with van der Waals surface area (Å²) < 4.78 is 6.69. The molecule has 7 heteroatoms. The topological polar surface area (TPSA) is 68.3 Å². The third kappa shape index (κ3) is 2.85. The Morgan fingerprint density at radius 3 is 2.73 bits per heavy atom. The fourth-order valence-corrected chi connectivity index (χ4v) is 3.36. The van der Waals surface area contributed by atoms with E-state index in [1.165, 1.54) is 16.0 Å². The number of nitrogens with zero attached hydrogens (tertiary/aromatic N) is 3. The first kappa shape index (κ1) is 15.0. The van der Waals surface area contributed by atoms with E-state index in [-0.39, 0.29) is 17.9 Å². The molecule has 0 radical (unpaired) electrons. The quantitative estimate of drug-likeness (QED) is 0.870. The van der Waals surface area contributed by atoms with Gasteiger partial charge in [-0.25, -0.2) is 4.79 Å². The normalized spacial score (nSPS) is 16.4. The second-order valence-electron chi connectivity index (χ2n) is 5.81. The van der Waals surface area contributed by atoms with E-state index in [2.05, 4.69) is 5.10 Å². The largest absolute Gasteiger partial charge is 0.437 e. The summed E-state index contributed by atoms with van der Waals surface area (Å²) in [7, 11) is 0. The lowest BCUT2D eigenvalue weighted by molar-refractivity contribution is -0.135. The molecule has 1 aliphatic rings. The Morgan fingerprint density at radius 2 is 2.14 bits per heavy atom. The molecule has 1 fully saturated rings. The number of amides is 1. The zero-order chi connectivity index (χ0) is 15.7. The van der Waals surface area contributed by atoms with Gasteiger partial charge in [-0.15, -0.1) is 16.4 Å². The van der Waals surface area contributed by atoms with Gasteiger partial charge in [-0.3, -0.25) is 4.79 Å². The van der Waals surface area contributed by atoms with Gasteiger partial charge in [0.1, 0.15) is 0 Å². The third-order valence-electron chi connectivity index (χ3n) is 3.92. The van der Waals surface area contributed by atoms with Gasteiger partial charge in [0.05, 0.1) is 10.9 Å². The number of hydrogen-bond acceptors (Lipinski definition) is 5. The predicted octanol–water partition coefficient (Wildman–Crippen LogP) is 2.38. The average molecular weight is 321 g/mol. The highest BCUT2D eigenvalue weighted by Gasteiger charge is 2.27. The van der Waals surface area contributed by atoms with Crippen molar-refractivity contribution in [3.63, 3.8) is 0 Å². The van der Waals surface area contributed by atoms with Crippen LogP contribution in [-0.4, -0.2) is 33.7 Å². The lowest BCUT2D eigenvalue weighted by atomic mass is 10.0.